The maximum atomic E-state index is 13.5. The zero-order valence-corrected chi connectivity index (χ0v) is 12.4. The molecule has 1 aromatic carbocycles. The first-order chi connectivity index (χ1) is 11.6. The average molecular weight is 360 g/mol. The van der Waals surface area contributed by atoms with Crippen LogP contribution in [0.4, 0.5) is 23.2 Å². The van der Waals surface area contributed by atoms with Crippen LogP contribution in [0.25, 0.3) is 11.3 Å². The maximum absolute atomic E-state index is 13.5. The normalized spacial score (nSPS) is 10.4. The van der Waals surface area contributed by atoms with Gasteiger partial charge in [-0.3, -0.25) is 9.78 Å². The lowest BCUT2D eigenvalue weighted by molar-refractivity contribution is -0.192. The van der Waals surface area contributed by atoms with Crippen molar-refractivity contribution in [3.8, 4) is 11.3 Å². The molecule has 25 heavy (non-hydrogen) atoms. The number of carbonyl (C=O) groups is 2. The molecular formula is C15H12F4N2O4. The minimum atomic E-state index is -5.08. The number of alkyl halides is 3. The number of aliphatic carboxylic acids is 2. The molecule has 0 aliphatic rings. The molecule has 0 atom stereocenters. The monoisotopic (exact) mass is 360 g/mol. The van der Waals surface area contributed by atoms with Crippen LogP contribution in [0.2, 0.25) is 0 Å². The highest BCUT2D eigenvalue weighted by molar-refractivity contribution is 5.73. The third-order valence-electron chi connectivity index (χ3n) is 2.60. The zero-order valence-electron chi connectivity index (χ0n) is 12.4. The van der Waals surface area contributed by atoms with Crippen molar-refractivity contribution in [3.05, 3.63) is 48.4 Å². The summed E-state index contributed by atoms with van der Waals surface area (Å²) in [6, 6.07) is 9.66. The number of hydrogen-bond donors (Lipinski definition) is 3. The Morgan fingerprint density at radius 2 is 1.68 bits per heavy atom. The standard InChI is InChI=1S/C13H11FN2O2.C2HF3O2/c14-11-4-2-1-3-10(11)12-6-5-9(7-16-12)15-8-13(17)18;3-2(4,5)1(6)7/h1-7,15H,8H2,(H,17,18);(H,6,7). The van der Waals surface area contributed by atoms with Crippen molar-refractivity contribution in [3.63, 3.8) is 0 Å². The molecule has 3 N–H and O–H groups in total. The van der Waals surface area contributed by atoms with Gasteiger partial charge in [-0.05, 0) is 24.3 Å². The van der Waals surface area contributed by atoms with Gasteiger partial charge in [0.25, 0.3) is 0 Å². The van der Waals surface area contributed by atoms with E-state index in [1.165, 1.54) is 12.3 Å². The molecule has 2 aromatic rings. The number of rotatable bonds is 4. The van der Waals surface area contributed by atoms with E-state index < -0.39 is 18.1 Å². The van der Waals surface area contributed by atoms with Crippen LogP contribution in [0.1, 0.15) is 0 Å². The molecular weight excluding hydrogens is 348 g/mol. The van der Waals surface area contributed by atoms with Gasteiger partial charge < -0.3 is 15.5 Å². The first-order valence-corrected chi connectivity index (χ1v) is 6.58. The first-order valence-electron chi connectivity index (χ1n) is 6.58. The third kappa shape index (κ3) is 6.85. The fourth-order valence-electron chi connectivity index (χ4n) is 1.50. The molecule has 2 rings (SSSR count). The second-order valence-corrected chi connectivity index (χ2v) is 4.46. The number of halogens is 4. The van der Waals surface area contributed by atoms with Crippen molar-refractivity contribution in [2.24, 2.45) is 0 Å². The summed E-state index contributed by atoms with van der Waals surface area (Å²) < 4.78 is 45.2. The molecule has 0 unspecified atom stereocenters. The van der Waals surface area contributed by atoms with Crippen molar-refractivity contribution in [2.75, 3.05) is 11.9 Å². The van der Waals surface area contributed by atoms with Crippen molar-refractivity contribution in [1.82, 2.24) is 4.98 Å². The molecule has 0 spiro atoms. The van der Waals surface area contributed by atoms with Crippen LogP contribution >= 0.6 is 0 Å². The summed E-state index contributed by atoms with van der Waals surface area (Å²) in [6.45, 7) is -0.180. The SMILES string of the molecule is O=C(O)C(F)(F)F.O=C(O)CNc1ccc(-c2ccccc2F)nc1. The van der Waals surface area contributed by atoms with Crippen LogP contribution in [0.3, 0.4) is 0 Å². The number of aromatic nitrogens is 1. The van der Waals surface area contributed by atoms with Crippen LogP contribution in [-0.2, 0) is 9.59 Å². The molecule has 0 radical (unpaired) electrons. The highest BCUT2D eigenvalue weighted by Gasteiger charge is 2.38. The van der Waals surface area contributed by atoms with Crippen molar-refractivity contribution >= 4 is 17.6 Å². The Kier molecular flexibility index (Phi) is 6.85. The number of benzene rings is 1. The van der Waals surface area contributed by atoms with E-state index >= 15 is 0 Å². The molecule has 0 fully saturated rings. The molecule has 6 nitrogen and oxygen atoms in total. The number of hydrogen-bond acceptors (Lipinski definition) is 4. The number of anilines is 1. The fraction of sp³-hybridized carbons (Fsp3) is 0.133. The first kappa shape index (κ1) is 19.9. The molecule has 0 saturated carbocycles. The van der Waals surface area contributed by atoms with Crippen molar-refractivity contribution in [1.29, 1.82) is 0 Å². The molecule has 0 aliphatic carbocycles. The summed E-state index contributed by atoms with van der Waals surface area (Å²) in [5.74, 6) is -4.04. The minimum absolute atomic E-state index is 0.180. The van der Waals surface area contributed by atoms with Gasteiger partial charge in [-0.15, -0.1) is 0 Å². The highest BCUT2D eigenvalue weighted by atomic mass is 19.4. The van der Waals surface area contributed by atoms with Crippen molar-refractivity contribution < 1.29 is 37.4 Å². The molecule has 0 saturated heterocycles. The Hall–Kier alpha value is -3.17. The van der Waals surface area contributed by atoms with Crippen LogP contribution < -0.4 is 5.32 Å². The molecule has 134 valence electrons. The van der Waals surface area contributed by atoms with Crippen molar-refractivity contribution in [2.45, 2.75) is 6.18 Å². The number of carboxylic acids is 2. The molecule has 0 aliphatic heterocycles. The van der Waals surface area contributed by atoms with Gasteiger partial charge in [0.15, 0.2) is 0 Å². The Bertz CT molecular complexity index is 733. The van der Waals surface area contributed by atoms with Crippen LogP contribution in [0, 0.1) is 5.82 Å². The molecule has 1 aromatic heterocycles. The number of carboxylic acid groups (broad SMARTS) is 2. The summed E-state index contributed by atoms with van der Waals surface area (Å²) in [4.78, 5) is 23.4. The largest absolute Gasteiger partial charge is 0.490 e. The Morgan fingerprint density at radius 3 is 2.12 bits per heavy atom. The smallest absolute Gasteiger partial charge is 0.480 e. The van der Waals surface area contributed by atoms with Gasteiger partial charge in [-0.1, -0.05) is 12.1 Å². The zero-order chi connectivity index (χ0) is 19.0. The highest BCUT2D eigenvalue weighted by Crippen LogP contribution is 2.21. The second kappa shape index (κ2) is 8.62. The lowest BCUT2D eigenvalue weighted by Gasteiger charge is -2.05. The second-order valence-electron chi connectivity index (χ2n) is 4.46. The Morgan fingerprint density at radius 1 is 1.08 bits per heavy atom. The average Bonchev–Trinajstić information content (AvgIpc) is 2.53. The quantitative estimate of drug-likeness (QED) is 0.725. The lowest BCUT2D eigenvalue weighted by Crippen LogP contribution is -2.21. The molecule has 0 bridgehead atoms. The molecule has 10 heteroatoms. The minimum Gasteiger partial charge on any atom is -0.480 e. The Labute approximate surface area is 138 Å². The van der Waals surface area contributed by atoms with Gasteiger partial charge in [0.05, 0.1) is 17.6 Å². The van der Waals surface area contributed by atoms with E-state index in [-0.39, 0.29) is 12.4 Å². The number of pyridine rings is 1. The van der Waals surface area contributed by atoms with Gasteiger partial charge in [-0.25, -0.2) is 9.18 Å². The maximum Gasteiger partial charge on any atom is 0.490 e. The predicted octanol–water partition coefficient (Wildman–Crippen LogP) is 3.02. The van der Waals surface area contributed by atoms with E-state index in [0.717, 1.165) is 0 Å². The van der Waals surface area contributed by atoms with E-state index in [0.29, 0.717) is 16.9 Å². The molecule has 1 heterocycles. The number of nitrogens with one attached hydrogen (secondary N) is 1. The van der Waals surface area contributed by atoms with Gasteiger partial charge in [0.1, 0.15) is 12.4 Å². The Balaban J connectivity index is 0.000000381. The van der Waals surface area contributed by atoms with Crippen LogP contribution in [0.15, 0.2) is 42.6 Å². The summed E-state index contributed by atoms with van der Waals surface area (Å²) in [6.07, 6.45) is -3.61. The van der Waals surface area contributed by atoms with E-state index in [1.807, 2.05) is 0 Å². The lowest BCUT2D eigenvalue weighted by atomic mass is 10.1. The number of nitrogens with zero attached hydrogens (tertiary/aromatic N) is 1. The van der Waals surface area contributed by atoms with Gasteiger partial charge >= 0.3 is 18.1 Å². The van der Waals surface area contributed by atoms with Gasteiger partial charge in [-0.2, -0.15) is 13.2 Å². The van der Waals surface area contributed by atoms with Crippen LogP contribution in [-0.4, -0.2) is 39.9 Å². The predicted molar refractivity (Wildman–Crippen MR) is 79.4 cm³/mol. The summed E-state index contributed by atoms with van der Waals surface area (Å²) >= 11 is 0. The van der Waals surface area contributed by atoms with Gasteiger partial charge in [0.2, 0.25) is 0 Å². The van der Waals surface area contributed by atoms with E-state index in [1.54, 1.807) is 30.3 Å². The van der Waals surface area contributed by atoms with E-state index in [2.05, 4.69) is 10.3 Å². The summed E-state index contributed by atoms with van der Waals surface area (Å²) in [7, 11) is 0. The van der Waals surface area contributed by atoms with Gasteiger partial charge in [0, 0.05) is 5.56 Å². The van der Waals surface area contributed by atoms with Crippen LogP contribution in [0.5, 0.6) is 0 Å². The van der Waals surface area contributed by atoms with E-state index in [9.17, 15) is 22.4 Å². The fourth-order valence-corrected chi connectivity index (χ4v) is 1.50. The summed E-state index contributed by atoms with van der Waals surface area (Å²) in [5.41, 5.74) is 1.51. The molecule has 0 amide bonds. The topological polar surface area (TPSA) is 99.5 Å². The third-order valence-corrected chi connectivity index (χ3v) is 2.60. The van der Waals surface area contributed by atoms with E-state index in [4.69, 9.17) is 15.0 Å². The summed E-state index contributed by atoms with van der Waals surface area (Å²) in [5, 5.41) is 18.3.